The van der Waals surface area contributed by atoms with Crippen molar-refractivity contribution in [3.8, 4) is 0 Å². The molecular weight excluding hydrogens is 308 g/mol. The van der Waals surface area contributed by atoms with E-state index in [0.29, 0.717) is 18.1 Å². The average molecular weight is 333 g/mol. The van der Waals surface area contributed by atoms with E-state index in [2.05, 4.69) is 11.6 Å². The number of halogens is 1. The van der Waals surface area contributed by atoms with Crippen LogP contribution in [0.2, 0.25) is 5.02 Å². The molecule has 120 valence electrons. The van der Waals surface area contributed by atoms with Crippen LogP contribution in [0.15, 0.2) is 23.1 Å². The third-order valence-corrected chi connectivity index (χ3v) is 5.19. The van der Waals surface area contributed by atoms with Crippen LogP contribution in [0.1, 0.15) is 51.0 Å². The molecule has 0 atom stereocenters. The molecule has 0 amide bonds. The standard InChI is InChI=1S/C15H25ClN2O2S/c1-2-3-4-5-6-7-10-18-21(19,20)14-9-8-13(12-17)15(16)11-14/h8-9,11,18H,2-7,10,12,17H2,1H3. The van der Waals surface area contributed by atoms with Crippen LogP contribution in [-0.2, 0) is 16.6 Å². The Bertz CT molecular complexity index is 532. The maximum atomic E-state index is 12.1. The van der Waals surface area contributed by atoms with Gasteiger partial charge in [0.2, 0.25) is 10.0 Å². The second-order valence-corrected chi connectivity index (χ2v) is 7.30. The summed E-state index contributed by atoms with van der Waals surface area (Å²) in [5.41, 5.74) is 6.25. The van der Waals surface area contributed by atoms with Crippen molar-refractivity contribution in [2.75, 3.05) is 6.54 Å². The van der Waals surface area contributed by atoms with Crippen molar-refractivity contribution in [3.05, 3.63) is 28.8 Å². The summed E-state index contributed by atoms with van der Waals surface area (Å²) in [5, 5.41) is 0.389. The van der Waals surface area contributed by atoms with Crippen molar-refractivity contribution < 1.29 is 8.42 Å². The second kappa shape index (κ2) is 9.41. The molecule has 0 bridgehead atoms. The van der Waals surface area contributed by atoms with E-state index in [1.54, 1.807) is 6.07 Å². The Labute approximate surface area is 133 Å². The molecule has 0 aliphatic rings. The Kier molecular flexibility index (Phi) is 8.26. The Morgan fingerprint density at radius 1 is 1.14 bits per heavy atom. The smallest absolute Gasteiger partial charge is 0.240 e. The largest absolute Gasteiger partial charge is 0.326 e. The highest BCUT2D eigenvalue weighted by Gasteiger charge is 2.14. The fraction of sp³-hybridized carbons (Fsp3) is 0.600. The van der Waals surface area contributed by atoms with E-state index in [1.807, 2.05) is 0 Å². The zero-order valence-corrected chi connectivity index (χ0v) is 14.1. The van der Waals surface area contributed by atoms with E-state index in [0.717, 1.165) is 24.8 Å². The molecule has 1 aromatic rings. The van der Waals surface area contributed by atoms with Gasteiger partial charge in [-0.1, -0.05) is 56.7 Å². The van der Waals surface area contributed by atoms with Gasteiger partial charge in [-0.25, -0.2) is 13.1 Å². The Morgan fingerprint density at radius 3 is 2.43 bits per heavy atom. The molecule has 0 spiro atoms. The van der Waals surface area contributed by atoms with Crippen LogP contribution in [0.4, 0.5) is 0 Å². The van der Waals surface area contributed by atoms with Gasteiger partial charge in [0.1, 0.15) is 0 Å². The summed E-state index contributed by atoms with van der Waals surface area (Å²) in [6.45, 7) is 2.93. The van der Waals surface area contributed by atoms with Gasteiger partial charge in [0.15, 0.2) is 0 Å². The summed E-state index contributed by atoms with van der Waals surface area (Å²) < 4.78 is 26.8. The minimum atomic E-state index is -3.48. The fourth-order valence-electron chi connectivity index (χ4n) is 2.06. The quantitative estimate of drug-likeness (QED) is 0.645. The average Bonchev–Trinajstić information content (AvgIpc) is 2.46. The van der Waals surface area contributed by atoms with Crippen molar-refractivity contribution in [1.82, 2.24) is 4.72 Å². The van der Waals surface area contributed by atoms with E-state index in [-0.39, 0.29) is 4.90 Å². The van der Waals surface area contributed by atoms with Crippen molar-refractivity contribution >= 4 is 21.6 Å². The number of sulfonamides is 1. The maximum Gasteiger partial charge on any atom is 0.240 e. The van der Waals surface area contributed by atoms with E-state index < -0.39 is 10.0 Å². The lowest BCUT2D eigenvalue weighted by molar-refractivity contribution is 0.567. The fourth-order valence-corrected chi connectivity index (χ4v) is 3.48. The lowest BCUT2D eigenvalue weighted by Crippen LogP contribution is -2.24. The van der Waals surface area contributed by atoms with Crippen molar-refractivity contribution in [3.63, 3.8) is 0 Å². The predicted octanol–water partition coefficient (Wildman–Crippen LogP) is 3.44. The highest BCUT2D eigenvalue weighted by Crippen LogP contribution is 2.20. The van der Waals surface area contributed by atoms with Gasteiger partial charge in [-0.05, 0) is 24.1 Å². The number of nitrogens with two attached hydrogens (primary N) is 1. The molecule has 0 radical (unpaired) electrons. The van der Waals surface area contributed by atoms with Crippen LogP contribution in [0.3, 0.4) is 0 Å². The SMILES string of the molecule is CCCCCCCCNS(=O)(=O)c1ccc(CN)c(Cl)c1. The molecule has 0 saturated carbocycles. The summed E-state index contributed by atoms with van der Waals surface area (Å²) in [5.74, 6) is 0. The summed E-state index contributed by atoms with van der Waals surface area (Å²) >= 11 is 6.00. The highest BCUT2D eigenvalue weighted by molar-refractivity contribution is 7.89. The van der Waals surface area contributed by atoms with Gasteiger partial charge in [0.25, 0.3) is 0 Å². The van der Waals surface area contributed by atoms with Crippen LogP contribution in [-0.4, -0.2) is 15.0 Å². The molecule has 0 unspecified atom stereocenters. The lowest BCUT2D eigenvalue weighted by atomic mass is 10.1. The van der Waals surface area contributed by atoms with Gasteiger partial charge in [-0.15, -0.1) is 0 Å². The topological polar surface area (TPSA) is 72.2 Å². The summed E-state index contributed by atoms with van der Waals surface area (Å²) in [7, 11) is -3.48. The van der Waals surface area contributed by atoms with E-state index in [9.17, 15) is 8.42 Å². The van der Waals surface area contributed by atoms with Crippen LogP contribution in [0.5, 0.6) is 0 Å². The van der Waals surface area contributed by atoms with Crippen molar-refractivity contribution in [2.45, 2.75) is 56.9 Å². The molecule has 0 fully saturated rings. The Morgan fingerprint density at radius 2 is 1.81 bits per heavy atom. The zero-order valence-electron chi connectivity index (χ0n) is 12.6. The highest BCUT2D eigenvalue weighted by atomic mass is 35.5. The Balaban J connectivity index is 2.45. The summed E-state index contributed by atoms with van der Waals surface area (Å²) in [6, 6.07) is 4.65. The number of hydrogen-bond acceptors (Lipinski definition) is 3. The predicted molar refractivity (Wildman–Crippen MR) is 87.9 cm³/mol. The minimum absolute atomic E-state index is 0.190. The molecule has 0 saturated heterocycles. The van der Waals surface area contributed by atoms with E-state index in [1.165, 1.54) is 31.4 Å². The van der Waals surface area contributed by atoms with Gasteiger partial charge in [0, 0.05) is 18.1 Å². The third kappa shape index (κ3) is 6.34. The number of benzene rings is 1. The first-order chi connectivity index (χ1) is 10.0. The normalized spacial score (nSPS) is 11.8. The molecule has 4 nitrogen and oxygen atoms in total. The molecule has 1 aromatic carbocycles. The number of nitrogens with one attached hydrogen (secondary N) is 1. The van der Waals surface area contributed by atoms with E-state index >= 15 is 0 Å². The third-order valence-electron chi connectivity index (χ3n) is 3.38. The molecule has 0 aliphatic heterocycles. The molecule has 0 aromatic heterocycles. The molecule has 1 rings (SSSR count). The molecular formula is C15H25ClN2O2S. The van der Waals surface area contributed by atoms with Crippen molar-refractivity contribution in [2.24, 2.45) is 5.73 Å². The van der Waals surface area contributed by atoms with Gasteiger partial charge < -0.3 is 5.73 Å². The lowest BCUT2D eigenvalue weighted by Gasteiger charge is -2.08. The van der Waals surface area contributed by atoms with Gasteiger partial charge in [-0.2, -0.15) is 0 Å². The first-order valence-electron chi connectivity index (χ1n) is 7.49. The molecule has 21 heavy (non-hydrogen) atoms. The van der Waals surface area contributed by atoms with Crippen molar-refractivity contribution in [1.29, 1.82) is 0 Å². The Hall–Kier alpha value is -0.620. The minimum Gasteiger partial charge on any atom is -0.326 e. The number of rotatable bonds is 10. The van der Waals surface area contributed by atoms with Crippen LogP contribution >= 0.6 is 11.6 Å². The van der Waals surface area contributed by atoms with E-state index in [4.69, 9.17) is 17.3 Å². The van der Waals surface area contributed by atoms with Crippen LogP contribution in [0, 0.1) is 0 Å². The molecule has 0 aliphatic carbocycles. The zero-order chi connectivity index (χ0) is 15.7. The number of unbranched alkanes of at least 4 members (excludes halogenated alkanes) is 5. The number of hydrogen-bond donors (Lipinski definition) is 2. The first kappa shape index (κ1) is 18.4. The molecule has 3 N–H and O–H groups in total. The molecule has 6 heteroatoms. The first-order valence-corrected chi connectivity index (χ1v) is 9.35. The summed E-state index contributed by atoms with van der Waals surface area (Å²) in [4.78, 5) is 0.190. The van der Waals surface area contributed by atoms with Gasteiger partial charge in [0.05, 0.1) is 4.90 Å². The second-order valence-electron chi connectivity index (χ2n) is 5.12. The summed E-state index contributed by atoms with van der Waals surface area (Å²) in [6.07, 6.45) is 6.75. The monoisotopic (exact) mass is 332 g/mol. The van der Waals surface area contributed by atoms with Crippen LogP contribution in [0.25, 0.3) is 0 Å². The van der Waals surface area contributed by atoms with Gasteiger partial charge >= 0.3 is 0 Å². The maximum absolute atomic E-state index is 12.1. The molecule has 0 heterocycles. The van der Waals surface area contributed by atoms with Gasteiger partial charge in [-0.3, -0.25) is 0 Å². The van der Waals surface area contributed by atoms with Crippen LogP contribution < -0.4 is 10.5 Å².